The highest BCUT2D eigenvalue weighted by molar-refractivity contribution is 5.92. The van der Waals surface area contributed by atoms with Crippen molar-refractivity contribution in [3.63, 3.8) is 0 Å². The van der Waals surface area contributed by atoms with E-state index in [1.807, 2.05) is 0 Å². The quantitative estimate of drug-likeness (QED) is 0.535. The Kier molecular flexibility index (Phi) is 3.70. The molecule has 0 radical (unpaired) electrons. The van der Waals surface area contributed by atoms with E-state index in [0.717, 1.165) is 12.4 Å². The Morgan fingerprint density at radius 2 is 1.33 bits per heavy atom. The van der Waals surface area contributed by atoms with E-state index in [1.54, 1.807) is 0 Å². The van der Waals surface area contributed by atoms with Crippen LogP contribution in [0.2, 0.25) is 0 Å². The Bertz CT molecular complexity index is 692. The van der Waals surface area contributed by atoms with Crippen molar-refractivity contribution in [3.05, 3.63) is 47.0 Å². The number of carbonyl (C=O) groups is 1. The molecule has 21 heavy (non-hydrogen) atoms. The van der Waals surface area contributed by atoms with Crippen LogP contribution in [0.25, 0.3) is 0 Å². The highest BCUT2D eigenvalue weighted by Crippen LogP contribution is 2.31. The molecule has 0 spiro atoms. The van der Waals surface area contributed by atoms with E-state index in [2.05, 4.69) is 14.7 Å². The summed E-state index contributed by atoms with van der Waals surface area (Å²) in [5.74, 6) is -13.4. The largest absolute Gasteiger partial charge is 0.418 e. The van der Waals surface area contributed by atoms with Crippen LogP contribution in [-0.4, -0.2) is 15.9 Å². The zero-order chi connectivity index (χ0) is 15.7. The third kappa shape index (κ3) is 2.59. The van der Waals surface area contributed by atoms with Gasteiger partial charge in [-0.05, 0) is 0 Å². The molecular weight excluding hydrogens is 301 g/mol. The van der Waals surface area contributed by atoms with Gasteiger partial charge in [-0.1, -0.05) is 0 Å². The molecule has 2 N–H and O–H groups in total. The molecule has 0 saturated heterocycles. The number of primary amides is 1. The molecule has 0 bridgehead atoms. The van der Waals surface area contributed by atoms with Crippen LogP contribution in [0.3, 0.4) is 0 Å². The number of aromatic nitrogens is 2. The lowest BCUT2D eigenvalue weighted by Crippen LogP contribution is -2.12. The molecule has 1 amide bonds. The maximum atomic E-state index is 13.3. The Labute approximate surface area is 113 Å². The first kappa shape index (κ1) is 14.6. The summed E-state index contributed by atoms with van der Waals surface area (Å²) in [6, 6.07) is -0.733. The average Bonchev–Trinajstić information content (AvgIpc) is 2.48. The van der Waals surface area contributed by atoms with Gasteiger partial charge in [-0.25, -0.2) is 23.1 Å². The van der Waals surface area contributed by atoms with Crippen LogP contribution >= 0.6 is 0 Å². The standard InChI is InChI=1S/C11H4F5N3O2/c12-4-5(13)7(15)9(8(16)6(4)14)21-11-18-1-3(2-19-11)10(17)20/h1-2H,(H2,17,20). The number of amides is 1. The zero-order valence-electron chi connectivity index (χ0n) is 9.83. The average molecular weight is 305 g/mol. The molecule has 0 aliphatic heterocycles. The number of nitrogens with two attached hydrogens (primary N) is 1. The minimum absolute atomic E-state index is 0.139. The summed E-state index contributed by atoms with van der Waals surface area (Å²) in [6.07, 6.45) is 1.72. The number of carbonyl (C=O) groups excluding carboxylic acids is 1. The first-order valence-corrected chi connectivity index (χ1v) is 5.14. The topological polar surface area (TPSA) is 78.1 Å². The number of rotatable bonds is 3. The first-order chi connectivity index (χ1) is 9.82. The van der Waals surface area contributed by atoms with E-state index in [9.17, 15) is 26.7 Å². The number of hydrogen-bond donors (Lipinski definition) is 1. The predicted octanol–water partition coefficient (Wildman–Crippen LogP) is 2.06. The van der Waals surface area contributed by atoms with Gasteiger partial charge in [0, 0.05) is 12.4 Å². The number of benzene rings is 1. The lowest BCUT2D eigenvalue weighted by molar-refractivity contribution is 0.0999. The molecular formula is C11H4F5N3O2. The molecule has 1 aromatic carbocycles. The van der Waals surface area contributed by atoms with Crippen molar-refractivity contribution >= 4 is 5.91 Å². The van der Waals surface area contributed by atoms with Crippen LogP contribution in [-0.2, 0) is 0 Å². The normalized spacial score (nSPS) is 10.5. The van der Waals surface area contributed by atoms with Crippen molar-refractivity contribution in [3.8, 4) is 11.8 Å². The van der Waals surface area contributed by atoms with E-state index in [-0.39, 0.29) is 5.56 Å². The molecule has 2 aromatic rings. The van der Waals surface area contributed by atoms with Gasteiger partial charge in [-0.15, -0.1) is 0 Å². The number of hydrogen-bond acceptors (Lipinski definition) is 4. The summed E-state index contributed by atoms with van der Waals surface area (Å²) in [7, 11) is 0. The Balaban J connectivity index is 2.42. The van der Waals surface area contributed by atoms with Crippen LogP contribution in [0.5, 0.6) is 11.8 Å². The van der Waals surface area contributed by atoms with E-state index >= 15 is 0 Å². The molecule has 10 heteroatoms. The van der Waals surface area contributed by atoms with E-state index in [1.165, 1.54) is 0 Å². The van der Waals surface area contributed by atoms with Crippen LogP contribution in [0.4, 0.5) is 22.0 Å². The predicted molar refractivity (Wildman–Crippen MR) is 56.9 cm³/mol. The summed E-state index contributed by atoms with van der Waals surface area (Å²) in [5.41, 5.74) is 4.76. The maximum Gasteiger partial charge on any atom is 0.322 e. The smallest absolute Gasteiger partial charge is 0.322 e. The Hall–Kier alpha value is -2.78. The molecule has 0 aliphatic carbocycles. The molecule has 5 nitrogen and oxygen atoms in total. The first-order valence-electron chi connectivity index (χ1n) is 5.14. The van der Waals surface area contributed by atoms with Crippen LogP contribution in [0.1, 0.15) is 10.4 Å². The number of halogens is 5. The minimum atomic E-state index is -2.32. The number of ether oxygens (including phenoxy) is 1. The van der Waals surface area contributed by atoms with Gasteiger partial charge in [-0.3, -0.25) is 4.79 Å². The van der Waals surface area contributed by atoms with Crippen molar-refractivity contribution in [2.45, 2.75) is 0 Å². The lowest BCUT2D eigenvalue weighted by atomic mass is 10.2. The molecule has 2 rings (SSSR count). The lowest BCUT2D eigenvalue weighted by Gasteiger charge is -2.08. The molecule has 110 valence electrons. The van der Waals surface area contributed by atoms with Crippen molar-refractivity contribution in [1.82, 2.24) is 9.97 Å². The highest BCUT2D eigenvalue weighted by Gasteiger charge is 2.28. The van der Waals surface area contributed by atoms with Gasteiger partial charge in [0.1, 0.15) is 0 Å². The second-order valence-electron chi connectivity index (χ2n) is 3.62. The summed E-state index contributed by atoms with van der Waals surface area (Å²) >= 11 is 0. The highest BCUT2D eigenvalue weighted by atomic mass is 19.2. The van der Waals surface area contributed by atoms with Gasteiger partial charge in [0.25, 0.3) is 5.91 Å². The van der Waals surface area contributed by atoms with E-state index in [0.29, 0.717) is 0 Å². The molecule has 0 atom stereocenters. The fourth-order valence-electron chi connectivity index (χ4n) is 1.26. The fraction of sp³-hybridized carbons (Fsp3) is 0. The molecule has 0 saturated carbocycles. The van der Waals surface area contributed by atoms with E-state index in [4.69, 9.17) is 5.73 Å². The summed E-state index contributed by atoms with van der Waals surface area (Å²) in [4.78, 5) is 17.5. The second kappa shape index (κ2) is 5.31. The summed E-state index contributed by atoms with van der Waals surface area (Å²) in [6.45, 7) is 0. The molecule has 1 heterocycles. The Morgan fingerprint density at radius 1 is 0.905 bits per heavy atom. The third-order valence-electron chi connectivity index (χ3n) is 2.28. The van der Waals surface area contributed by atoms with Crippen LogP contribution < -0.4 is 10.5 Å². The second-order valence-corrected chi connectivity index (χ2v) is 3.62. The van der Waals surface area contributed by atoms with Crippen molar-refractivity contribution in [1.29, 1.82) is 0 Å². The minimum Gasteiger partial charge on any atom is -0.418 e. The van der Waals surface area contributed by atoms with E-state index < -0.39 is 46.8 Å². The van der Waals surface area contributed by atoms with Crippen molar-refractivity contribution in [2.24, 2.45) is 5.73 Å². The molecule has 0 fully saturated rings. The van der Waals surface area contributed by atoms with Gasteiger partial charge in [0.15, 0.2) is 0 Å². The SMILES string of the molecule is NC(=O)c1cnc(Oc2c(F)c(F)c(F)c(F)c2F)nc1. The monoisotopic (exact) mass is 305 g/mol. The summed E-state index contributed by atoms with van der Waals surface area (Å²) < 4.78 is 69.7. The van der Waals surface area contributed by atoms with Gasteiger partial charge in [0.2, 0.25) is 34.8 Å². The van der Waals surface area contributed by atoms with Crippen LogP contribution in [0, 0.1) is 29.1 Å². The zero-order valence-corrected chi connectivity index (χ0v) is 9.83. The van der Waals surface area contributed by atoms with Crippen molar-refractivity contribution < 1.29 is 31.5 Å². The molecule has 0 aliphatic rings. The Morgan fingerprint density at radius 3 is 1.76 bits per heavy atom. The number of nitrogens with zero attached hydrogens (tertiary/aromatic N) is 2. The van der Waals surface area contributed by atoms with Gasteiger partial charge >= 0.3 is 6.01 Å². The summed E-state index contributed by atoms with van der Waals surface area (Å²) in [5, 5.41) is 0. The molecule has 1 aromatic heterocycles. The fourth-order valence-corrected chi connectivity index (χ4v) is 1.26. The van der Waals surface area contributed by atoms with Gasteiger partial charge in [0.05, 0.1) is 5.56 Å². The third-order valence-corrected chi connectivity index (χ3v) is 2.28. The maximum absolute atomic E-state index is 13.3. The van der Waals surface area contributed by atoms with Crippen molar-refractivity contribution in [2.75, 3.05) is 0 Å². The molecule has 0 unspecified atom stereocenters. The van der Waals surface area contributed by atoms with Gasteiger partial charge < -0.3 is 10.5 Å². The van der Waals surface area contributed by atoms with Crippen LogP contribution in [0.15, 0.2) is 12.4 Å². The van der Waals surface area contributed by atoms with Gasteiger partial charge in [-0.2, -0.15) is 8.78 Å².